The number of carbonyl (C=O) groups is 2. The van der Waals surface area contributed by atoms with E-state index in [0.717, 1.165) is 12.1 Å². The Morgan fingerprint density at radius 2 is 1.66 bits per heavy atom. The number of hydrogen-bond donors (Lipinski definition) is 1. The highest BCUT2D eigenvalue weighted by molar-refractivity contribution is 6.02. The van der Waals surface area contributed by atoms with Crippen molar-refractivity contribution in [1.29, 1.82) is 0 Å². The van der Waals surface area contributed by atoms with Gasteiger partial charge >= 0.3 is 6.18 Å². The Balaban J connectivity index is 1.61. The first kappa shape index (κ1) is 20.2. The molecule has 8 heteroatoms. The number of carbonyl (C=O) groups excluding carboxylic acids is 2. The van der Waals surface area contributed by atoms with Gasteiger partial charge < -0.3 is 14.6 Å². The normalized spacial score (nSPS) is 11.2. The fraction of sp³-hybridized carbons (Fsp3) is 0.143. The van der Waals surface area contributed by atoms with Crippen molar-refractivity contribution in [1.82, 2.24) is 4.90 Å². The van der Waals surface area contributed by atoms with E-state index in [-0.39, 0.29) is 18.2 Å². The molecule has 5 nitrogen and oxygen atoms in total. The van der Waals surface area contributed by atoms with Crippen LogP contribution in [0.15, 0.2) is 71.3 Å². The van der Waals surface area contributed by atoms with Gasteiger partial charge in [0.05, 0.1) is 11.8 Å². The van der Waals surface area contributed by atoms with Crippen molar-refractivity contribution in [2.45, 2.75) is 12.7 Å². The number of rotatable bonds is 5. The summed E-state index contributed by atoms with van der Waals surface area (Å²) in [5, 5.41) is 2.65. The standard InChI is InChI=1S/C21H17F3N2O3/c1-26(13-14-4-8-16(9-5-14)21(22,23)24)20(28)15-6-10-17(11-7-15)25-19(27)18-3-2-12-29-18/h2-12H,13H2,1H3,(H,25,27). The average Bonchev–Trinajstić information content (AvgIpc) is 3.23. The molecule has 0 aliphatic rings. The number of nitrogens with one attached hydrogen (secondary N) is 1. The van der Waals surface area contributed by atoms with E-state index in [9.17, 15) is 22.8 Å². The molecule has 2 amide bonds. The van der Waals surface area contributed by atoms with Crippen molar-refractivity contribution in [3.05, 3.63) is 89.4 Å². The van der Waals surface area contributed by atoms with Gasteiger partial charge in [-0.25, -0.2) is 0 Å². The lowest BCUT2D eigenvalue weighted by Gasteiger charge is -2.18. The van der Waals surface area contributed by atoms with E-state index in [1.54, 1.807) is 37.4 Å². The van der Waals surface area contributed by atoms with Crippen LogP contribution in [0.3, 0.4) is 0 Å². The predicted octanol–water partition coefficient (Wildman–Crippen LogP) is 4.82. The fourth-order valence-electron chi connectivity index (χ4n) is 2.66. The maximum atomic E-state index is 12.6. The van der Waals surface area contributed by atoms with Crippen LogP contribution in [-0.4, -0.2) is 23.8 Å². The molecule has 29 heavy (non-hydrogen) atoms. The molecule has 0 aliphatic heterocycles. The van der Waals surface area contributed by atoms with Crippen molar-refractivity contribution in [3.63, 3.8) is 0 Å². The SMILES string of the molecule is CN(Cc1ccc(C(F)(F)F)cc1)C(=O)c1ccc(NC(=O)c2ccco2)cc1. The van der Waals surface area contributed by atoms with Crippen LogP contribution >= 0.6 is 0 Å². The summed E-state index contributed by atoms with van der Waals surface area (Å²) in [6.45, 7) is 0.161. The molecule has 0 unspecified atom stereocenters. The highest BCUT2D eigenvalue weighted by Gasteiger charge is 2.30. The lowest BCUT2D eigenvalue weighted by molar-refractivity contribution is -0.137. The lowest BCUT2D eigenvalue weighted by atomic mass is 10.1. The van der Waals surface area contributed by atoms with Crippen LogP contribution in [0.1, 0.15) is 32.0 Å². The molecule has 3 aromatic rings. The highest BCUT2D eigenvalue weighted by Crippen LogP contribution is 2.29. The van der Waals surface area contributed by atoms with Crippen molar-refractivity contribution < 1.29 is 27.2 Å². The maximum absolute atomic E-state index is 12.6. The monoisotopic (exact) mass is 402 g/mol. The van der Waals surface area contributed by atoms with Gasteiger partial charge in [-0.1, -0.05) is 12.1 Å². The molecule has 150 valence electrons. The smallest absolute Gasteiger partial charge is 0.416 e. The van der Waals surface area contributed by atoms with Crippen LogP contribution in [-0.2, 0) is 12.7 Å². The predicted molar refractivity (Wildman–Crippen MR) is 100 cm³/mol. The number of nitrogens with zero attached hydrogens (tertiary/aromatic N) is 1. The van der Waals surface area contributed by atoms with Crippen LogP contribution in [0.25, 0.3) is 0 Å². The minimum absolute atomic E-state index is 0.161. The second-order valence-corrected chi connectivity index (χ2v) is 6.36. The Labute approximate surface area is 164 Å². The number of furan rings is 1. The van der Waals surface area contributed by atoms with Gasteiger partial charge in [0, 0.05) is 24.8 Å². The summed E-state index contributed by atoms with van der Waals surface area (Å²) in [5.41, 5.74) is 0.724. The third-order valence-corrected chi connectivity index (χ3v) is 4.18. The largest absolute Gasteiger partial charge is 0.459 e. The molecule has 2 aromatic carbocycles. The zero-order valence-corrected chi connectivity index (χ0v) is 15.4. The third kappa shape index (κ3) is 5.04. The first-order chi connectivity index (χ1) is 13.7. The van der Waals surface area contributed by atoms with Crippen LogP contribution < -0.4 is 5.32 Å². The molecular formula is C21H17F3N2O3. The van der Waals surface area contributed by atoms with E-state index >= 15 is 0 Å². The van der Waals surface area contributed by atoms with Gasteiger partial charge in [0.15, 0.2) is 5.76 Å². The molecule has 1 heterocycles. The van der Waals surface area contributed by atoms with Crippen LogP contribution in [0.2, 0.25) is 0 Å². The van der Waals surface area contributed by atoms with E-state index in [0.29, 0.717) is 16.8 Å². The number of halogens is 3. The summed E-state index contributed by atoms with van der Waals surface area (Å²) < 4.78 is 42.9. The molecule has 0 spiro atoms. The fourth-order valence-corrected chi connectivity index (χ4v) is 2.66. The van der Waals surface area contributed by atoms with Crippen molar-refractivity contribution in [3.8, 4) is 0 Å². The molecule has 1 N–H and O–H groups in total. The number of alkyl halides is 3. The molecule has 0 saturated heterocycles. The second-order valence-electron chi connectivity index (χ2n) is 6.36. The Hall–Kier alpha value is -3.55. The summed E-state index contributed by atoms with van der Waals surface area (Å²) in [5.74, 6) is -0.538. The molecule has 0 saturated carbocycles. The molecule has 0 bridgehead atoms. The summed E-state index contributed by atoms with van der Waals surface area (Å²) in [6.07, 6.45) is -3.00. The molecular weight excluding hydrogens is 385 g/mol. The molecule has 0 atom stereocenters. The van der Waals surface area contributed by atoms with Crippen LogP contribution in [0, 0.1) is 0 Å². The van der Waals surface area contributed by atoms with Crippen LogP contribution in [0.5, 0.6) is 0 Å². The van der Waals surface area contributed by atoms with E-state index in [4.69, 9.17) is 4.42 Å². The van der Waals surface area contributed by atoms with Gasteiger partial charge in [0.1, 0.15) is 0 Å². The third-order valence-electron chi connectivity index (χ3n) is 4.18. The van der Waals surface area contributed by atoms with E-state index in [1.165, 1.54) is 29.4 Å². The zero-order valence-electron chi connectivity index (χ0n) is 15.4. The molecule has 1 aromatic heterocycles. The van der Waals surface area contributed by atoms with E-state index in [2.05, 4.69) is 5.32 Å². The highest BCUT2D eigenvalue weighted by atomic mass is 19.4. The molecule has 3 rings (SSSR count). The summed E-state index contributed by atoms with van der Waals surface area (Å²) in [6, 6.07) is 14.1. The second kappa shape index (κ2) is 8.22. The van der Waals surface area contributed by atoms with E-state index < -0.39 is 17.6 Å². The quantitative estimate of drug-likeness (QED) is 0.665. The average molecular weight is 402 g/mol. The lowest BCUT2D eigenvalue weighted by Crippen LogP contribution is -2.26. The topological polar surface area (TPSA) is 62.6 Å². The summed E-state index contributed by atoms with van der Waals surface area (Å²) in [7, 11) is 1.56. The number of anilines is 1. The summed E-state index contributed by atoms with van der Waals surface area (Å²) >= 11 is 0. The van der Waals surface area contributed by atoms with Crippen molar-refractivity contribution >= 4 is 17.5 Å². The van der Waals surface area contributed by atoms with Crippen molar-refractivity contribution in [2.75, 3.05) is 12.4 Å². The Bertz CT molecular complexity index is 980. The van der Waals surface area contributed by atoms with Crippen molar-refractivity contribution in [2.24, 2.45) is 0 Å². The number of hydrogen-bond acceptors (Lipinski definition) is 3. The Morgan fingerprint density at radius 1 is 1.00 bits per heavy atom. The van der Waals surface area contributed by atoms with E-state index in [1.807, 2.05) is 0 Å². The van der Waals surface area contributed by atoms with Gasteiger partial charge in [-0.15, -0.1) is 0 Å². The number of benzene rings is 2. The van der Waals surface area contributed by atoms with Gasteiger partial charge in [-0.05, 0) is 54.1 Å². The Kier molecular flexibility index (Phi) is 5.72. The minimum Gasteiger partial charge on any atom is -0.459 e. The summed E-state index contributed by atoms with van der Waals surface area (Å²) in [4.78, 5) is 25.9. The van der Waals surface area contributed by atoms with Gasteiger partial charge in [0.2, 0.25) is 0 Å². The molecule has 0 radical (unpaired) electrons. The van der Waals surface area contributed by atoms with Gasteiger partial charge in [-0.3, -0.25) is 9.59 Å². The first-order valence-electron chi connectivity index (χ1n) is 8.60. The van der Waals surface area contributed by atoms with Crippen LogP contribution in [0.4, 0.5) is 18.9 Å². The first-order valence-corrected chi connectivity index (χ1v) is 8.60. The van der Waals surface area contributed by atoms with Gasteiger partial charge in [-0.2, -0.15) is 13.2 Å². The maximum Gasteiger partial charge on any atom is 0.416 e. The zero-order chi connectivity index (χ0) is 21.0. The molecule has 0 aliphatic carbocycles. The minimum atomic E-state index is -4.39. The molecule has 0 fully saturated rings. The Morgan fingerprint density at radius 3 is 2.21 bits per heavy atom. The number of amides is 2. The van der Waals surface area contributed by atoms with Gasteiger partial charge in [0.25, 0.3) is 11.8 Å².